The molecule has 1 fully saturated rings. The standard InChI is InChI=1S/C12H14N4OS/c1-8-5-14-15-11(8)9-3-2-4-16(9)12(17)10-6-13-7-18-10/h5-7,9H,2-4H2,1H3,(H,14,15)/t9-/m0/s1. The predicted octanol–water partition coefficient (Wildman–Crippen LogP) is 2.15. The first-order chi connectivity index (χ1) is 8.77. The first-order valence-corrected chi connectivity index (χ1v) is 6.84. The Morgan fingerprint density at radius 1 is 1.56 bits per heavy atom. The van der Waals surface area contributed by atoms with Crippen molar-refractivity contribution in [1.82, 2.24) is 20.1 Å². The number of likely N-dealkylation sites (tertiary alicyclic amines) is 1. The second kappa shape index (κ2) is 4.53. The van der Waals surface area contributed by atoms with Gasteiger partial charge in [-0.25, -0.2) is 0 Å². The fourth-order valence-electron chi connectivity index (χ4n) is 2.47. The third-order valence-electron chi connectivity index (χ3n) is 3.36. The van der Waals surface area contributed by atoms with E-state index < -0.39 is 0 Å². The van der Waals surface area contributed by atoms with Crippen molar-refractivity contribution >= 4 is 17.2 Å². The zero-order valence-electron chi connectivity index (χ0n) is 10.1. The van der Waals surface area contributed by atoms with Crippen molar-refractivity contribution < 1.29 is 4.79 Å². The summed E-state index contributed by atoms with van der Waals surface area (Å²) in [6.07, 6.45) is 5.48. The van der Waals surface area contributed by atoms with Gasteiger partial charge in [0.1, 0.15) is 4.88 Å². The van der Waals surface area contributed by atoms with Crippen LogP contribution in [-0.2, 0) is 0 Å². The number of aryl methyl sites for hydroxylation is 1. The third kappa shape index (κ3) is 1.82. The molecule has 0 saturated carbocycles. The summed E-state index contributed by atoms with van der Waals surface area (Å²) in [5.74, 6) is 0.0778. The van der Waals surface area contributed by atoms with Gasteiger partial charge in [-0.1, -0.05) is 0 Å². The molecule has 1 saturated heterocycles. The van der Waals surface area contributed by atoms with E-state index >= 15 is 0 Å². The maximum Gasteiger partial charge on any atom is 0.266 e. The van der Waals surface area contributed by atoms with Gasteiger partial charge >= 0.3 is 0 Å². The number of nitrogens with one attached hydrogen (secondary N) is 1. The van der Waals surface area contributed by atoms with Crippen molar-refractivity contribution in [3.8, 4) is 0 Å². The number of aromatic amines is 1. The summed E-state index contributed by atoms with van der Waals surface area (Å²) in [6, 6.07) is 0.127. The van der Waals surface area contributed by atoms with Crippen LogP contribution in [0.5, 0.6) is 0 Å². The van der Waals surface area contributed by atoms with Crippen LogP contribution in [0.3, 0.4) is 0 Å². The van der Waals surface area contributed by atoms with Gasteiger partial charge < -0.3 is 4.90 Å². The van der Waals surface area contributed by atoms with Crippen LogP contribution in [0, 0.1) is 6.92 Å². The number of carbonyl (C=O) groups is 1. The highest BCUT2D eigenvalue weighted by Crippen LogP contribution is 2.33. The molecule has 1 N–H and O–H groups in total. The molecular weight excluding hydrogens is 248 g/mol. The summed E-state index contributed by atoms with van der Waals surface area (Å²) in [7, 11) is 0. The second-order valence-corrected chi connectivity index (χ2v) is 5.38. The van der Waals surface area contributed by atoms with Crippen LogP contribution in [0.15, 0.2) is 17.9 Å². The summed E-state index contributed by atoms with van der Waals surface area (Å²) in [5, 5.41) is 7.07. The summed E-state index contributed by atoms with van der Waals surface area (Å²) in [5.41, 5.74) is 3.87. The van der Waals surface area contributed by atoms with Gasteiger partial charge in [-0.15, -0.1) is 11.3 Å². The van der Waals surface area contributed by atoms with Gasteiger partial charge in [0.05, 0.1) is 29.6 Å². The zero-order chi connectivity index (χ0) is 12.5. The quantitative estimate of drug-likeness (QED) is 0.902. The Labute approximate surface area is 109 Å². The van der Waals surface area contributed by atoms with Crippen molar-refractivity contribution in [2.75, 3.05) is 6.54 Å². The molecule has 0 aromatic carbocycles. The summed E-state index contributed by atoms with van der Waals surface area (Å²) < 4.78 is 0. The Hall–Kier alpha value is -1.69. The highest BCUT2D eigenvalue weighted by atomic mass is 32.1. The first kappa shape index (κ1) is 11.4. The Morgan fingerprint density at radius 2 is 2.44 bits per heavy atom. The van der Waals surface area contributed by atoms with E-state index in [4.69, 9.17) is 0 Å². The highest BCUT2D eigenvalue weighted by molar-refractivity contribution is 7.11. The van der Waals surface area contributed by atoms with Gasteiger partial charge in [0.15, 0.2) is 0 Å². The second-order valence-electron chi connectivity index (χ2n) is 4.49. The molecule has 6 heteroatoms. The molecular formula is C12H14N4OS. The fraction of sp³-hybridized carbons (Fsp3) is 0.417. The van der Waals surface area contributed by atoms with E-state index in [9.17, 15) is 4.79 Å². The molecule has 3 rings (SSSR count). The van der Waals surface area contributed by atoms with E-state index in [1.54, 1.807) is 11.7 Å². The lowest BCUT2D eigenvalue weighted by atomic mass is 10.1. The average Bonchev–Trinajstić information content (AvgIpc) is 3.09. The number of carbonyl (C=O) groups excluding carboxylic acids is 1. The van der Waals surface area contributed by atoms with E-state index in [1.807, 2.05) is 18.0 Å². The number of hydrogen-bond acceptors (Lipinski definition) is 4. The third-order valence-corrected chi connectivity index (χ3v) is 4.12. The summed E-state index contributed by atoms with van der Waals surface area (Å²) in [4.78, 5) is 19.0. The van der Waals surface area contributed by atoms with Gasteiger partial charge in [-0.3, -0.25) is 14.9 Å². The first-order valence-electron chi connectivity index (χ1n) is 5.96. The summed E-state index contributed by atoms with van der Waals surface area (Å²) >= 11 is 1.39. The largest absolute Gasteiger partial charge is 0.329 e. The lowest BCUT2D eigenvalue weighted by Crippen LogP contribution is -2.30. The number of rotatable bonds is 2. The number of thiazole rings is 1. The molecule has 0 bridgehead atoms. The molecule has 18 heavy (non-hydrogen) atoms. The van der Waals surface area contributed by atoms with Crippen LogP contribution < -0.4 is 0 Å². The van der Waals surface area contributed by atoms with Crippen LogP contribution in [0.1, 0.15) is 39.8 Å². The normalized spacial score (nSPS) is 19.4. The van der Waals surface area contributed by atoms with Crippen molar-refractivity contribution in [2.24, 2.45) is 0 Å². The molecule has 1 aliphatic heterocycles. The number of H-pyrrole nitrogens is 1. The number of nitrogens with zero attached hydrogens (tertiary/aromatic N) is 3. The molecule has 2 aromatic heterocycles. The SMILES string of the molecule is Cc1cn[nH]c1[C@@H]1CCCN1C(=O)c1cncs1. The van der Waals surface area contributed by atoms with Crippen LogP contribution in [0.2, 0.25) is 0 Å². The van der Waals surface area contributed by atoms with E-state index in [0.717, 1.165) is 30.6 Å². The lowest BCUT2D eigenvalue weighted by Gasteiger charge is -2.23. The molecule has 0 radical (unpaired) electrons. The molecule has 3 heterocycles. The molecule has 0 aliphatic carbocycles. The molecule has 0 unspecified atom stereocenters. The van der Waals surface area contributed by atoms with Gasteiger partial charge in [-0.05, 0) is 25.3 Å². The van der Waals surface area contributed by atoms with Crippen molar-refractivity contribution in [3.05, 3.63) is 34.0 Å². The van der Waals surface area contributed by atoms with Crippen LogP contribution >= 0.6 is 11.3 Å². The Morgan fingerprint density at radius 3 is 3.11 bits per heavy atom. The number of aromatic nitrogens is 3. The predicted molar refractivity (Wildman–Crippen MR) is 68.5 cm³/mol. The van der Waals surface area contributed by atoms with Crippen LogP contribution in [-0.4, -0.2) is 32.5 Å². The van der Waals surface area contributed by atoms with Crippen molar-refractivity contribution in [2.45, 2.75) is 25.8 Å². The molecule has 1 atom stereocenters. The Bertz CT molecular complexity index is 548. The number of amides is 1. The molecule has 2 aromatic rings. The Kier molecular flexibility index (Phi) is 2.87. The van der Waals surface area contributed by atoms with E-state index in [2.05, 4.69) is 15.2 Å². The van der Waals surface area contributed by atoms with Gasteiger partial charge in [0.2, 0.25) is 0 Å². The zero-order valence-corrected chi connectivity index (χ0v) is 10.9. The van der Waals surface area contributed by atoms with E-state index in [-0.39, 0.29) is 11.9 Å². The minimum atomic E-state index is 0.0778. The lowest BCUT2D eigenvalue weighted by molar-refractivity contribution is 0.0737. The molecule has 94 valence electrons. The summed E-state index contributed by atoms with van der Waals surface area (Å²) in [6.45, 7) is 2.83. The molecule has 1 aliphatic rings. The average molecular weight is 262 g/mol. The maximum atomic E-state index is 12.4. The topological polar surface area (TPSA) is 61.9 Å². The van der Waals surface area contributed by atoms with Gasteiger partial charge in [0, 0.05) is 6.54 Å². The smallest absolute Gasteiger partial charge is 0.266 e. The van der Waals surface area contributed by atoms with E-state index in [0.29, 0.717) is 4.88 Å². The number of hydrogen-bond donors (Lipinski definition) is 1. The fourth-order valence-corrected chi connectivity index (χ4v) is 3.04. The van der Waals surface area contributed by atoms with Gasteiger partial charge in [-0.2, -0.15) is 5.10 Å². The van der Waals surface area contributed by atoms with Crippen molar-refractivity contribution in [3.63, 3.8) is 0 Å². The van der Waals surface area contributed by atoms with E-state index in [1.165, 1.54) is 11.3 Å². The van der Waals surface area contributed by atoms with Gasteiger partial charge in [0.25, 0.3) is 5.91 Å². The van der Waals surface area contributed by atoms with Crippen LogP contribution in [0.25, 0.3) is 0 Å². The van der Waals surface area contributed by atoms with Crippen molar-refractivity contribution in [1.29, 1.82) is 0 Å². The molecule has 1 amide bonds. The molecule has 5 nitrogen and oxygen atoms in total. The monoisotopic (exact) mass is 262 g/mol. The van der Waals surface area contributed by atoms with Crippen LogP contribution in [0.4, 0.5) is 0 Å². The Balaban J connectivity index is 1.88. The maximum absolute atomic E-state index is 12.4. The minimum absolute atomic E-state index is 0.0778. The highest BCUT2D eigenvalue weighted by Gasteiger charge is 2.32. The minimum Gasteiger partial charge on any atom is -0.329 e. The molecule has 0 spiro atoms.